The Labute approximate surface area is 168 Å². The normalized spacial score (nSPS) is 10.4. The number of thioether (sulfide) groups is 1. The van der Waals surface area contributed by atoms with Crippen LogP contribution in [0.2, 0.25) is 0 Å². The van der Waals surface area contributed by atoms with Gasteiger partial charge in [0.25, 0.3) is 0 Å². The number of benzene rings is 1. The predicted octanol–water partition coefficient (Wildman–Crippen LogP) is 3.55. The number of pyridine rings is 1. The fourth-order valence-electron chi connectivity index (χ4n) is 2.37. The van der Waals surface area contributed by atoms with Crippen LogP contribution in [-0.4, -0.2) is 35.1 Å². The molecule has 3 aromatic rings. The maximum atomic E-state index is 12.2. The van der Waals surface area contributed by atoms with Gasteiger partial charge in [-0.25, -0.2) is 19.7 Å². The van der Waals surface area contributed by atoms with Crippen LogP contribution in [0.5, 0.6) is 0 Å². The van der Waals surface area contributed by atoms with E-state index in [0.717, 1.165) is 27.7 Å². The smallest absolute Gasteiger partial charge is 0.319 e. The Balaban J connectivity index is 1.52. The summed E-state index contributed by atoms with van der Waals surface area (Å²) in [5, 5.41) is 6.65. The van der Waals surface area contributed by atoms with Crippen LogP contribution in [0.1, 0.15) is 11.3 Å². The molecular formula is C20H22N6OS. The van der Waals surface area contributed by atoms with E-state index < -0.39 is 0 Å². The SMILES string of the molecule is CN(C)c1nccc(CNC(=O)Nc2cccc(CSc3ccccn3)c2)n1. The first-order valence-corrected chi connectivity index (χ1v) is 9.75. The van der Waals surface area contributed by atoms with Gasteiger partial charge in [-0.15, -0.1) is 11.8 Å². The van der Waals surface area contributed by atoms with Crippen LogP contribution in [0.25, 0.3) is 0 Å². The van der Waals surface area contributed by atoms with Crippen molar-refractivity contribution in [1.29, 1.82) is 0 Å². The van der Waals surface area contributed by atoms with Crippen molar-refractivity contribution >= 4 is 29.4 Å². The van der Waals surface area contributed by atoms with E-state index >= 15 is 0 Å². The number of rotatable bonds is 7. The summed E-state index contributed by atoms with van der Waals surface area (Å²) in [6.07, 6.45) is 3.46. The molecule has 0 radical (unpaired) electrons. The minimum Gasteiger partial charge on any atom is -0.347 e. The molecule has 0 atom stereocenters. The first-order valence-electron chi connectivity index (χ1n) is 8.77. The lowest BCUT2D eigenvalue weighted by Crippen LogP contribution is -2.28. The molecule has 8 heteroatoms. The van der Waals surface area contributed by atoms with Gasteiger partial charge in [-0.1, -0.05) is 18.2 Å². The van der Waals surface area contributed by atoms with Crippen molar-refractivity contribution in [2.45, 2.75) is 17.3 Å². The van der Waals surface area contributed by atoms with Crippen molar-refractivity contribution in [2.24, 2.45) is 0 Å². The van der Waals surface area contributed by atoms with Crippen LogP contribution < -0.4 is 15.5 Å². The quantitative estimate of drug-likeness (QED) is 0.596. The summed E-state index contributed by atoms with van der Waals surface area (Å²) in [4.78, 5) is 26.9. The fourth-order valence-corrected chi connectivity index (χ4v) is 3.18. The Morgan fingerprint density at radius 1 is 1.07 bits per heavy atom. The largest absolute Gasteiger partial charge is 0.347 e. The Bertz CT molecular complexity index is 919. The summed E-state index contributed by atoms with van der Waals surface area (Å²) >= 11 is 1.65. The van der Waals surface area contributed by atoms with Gasteiger partial charge in [-0.05, 0) is 35.9 Å². The summed E-state index contributed by atoms with van der Waals surface area (Å²) in [6, 6.07) is 15.1. The Hall–Kier alpha value is -3.13. The molecule has 28 heavy (non-hydrogen) atoms. The van der Waals surface area contributed by atoms with Crippen LogP contribution in [-0.2, 0) is 12.3 Å². The monoisotopic (exact) mass is 394 g/mol. The Kier molecular flexibility index (Phi) is 6.80. The molecule has 144 valence electrons. The van der Waals surface area contributed by atoms with Crippen molar-refractivity contribution in [3.05, 3.63) is 72.2 Å². The topological polar surface area (TPSA) is 83.0 Å². The van der Waals surface area contributed by atoms with Gasteiger partial charge in [0, 0.05) is 37.9 Å². The summed E-state index contributed by atoms with van der Waals surface area (Å²) in [7, 11) is 3.75. The third kappa shape index (κ3) is 5.95. The summed E-state index contributed by atoms with van der Waals surface area (Å²) < 4.78 is 0. The highest BCUT2D eigenvalue weighted by Gasteiger charge is 2.06. The Morgan fingerprint density at radius 3 is 2.75 bits per heavy atom. The molecular weight excluding hydrogens is 372 g/mol. The highest BCUT2D eigenvalue weighted by molar-refractivity contribution is 7.98. The van der Waals surface area contributed by atoms with E-state index in [4.69, 9.17) is 0 Å². The van der Waals surface area contributed by atoms with Gasteiger partial charge >= 0.3 is 6.03 Å². The van der Waals surface area contributed by atoms with Gasteiger partial charge in [0.05, 0.1) is 17.3 Å². The standard InChI is InChI=1S/C20H22N6OS/c1-26(2)19-22-11-9-17(24-19)13-23-20(27)25-16-7-5-6-15(12-16)14-28-18-8-3-4-10-21-18/h3-12H,13-14H2,1-2H3,(H2,23,25,27). The van der Waals surface area contributed by atoms with E-state index in [0.29, 0.717) is 12.5 Å². The van der Waals surface area contributed by atoms with Crippen LogP contribution in [0.4, 0.5) is 16.4 Å². The number of nitrogens with zero attached hydrogens (tertiary/aromatic N) is 4. The minimum atomic E-state index is -0.278. The van der Waals surface area contributed by atoms with Gasteiger partial charge in [0.2, 0.25) is 5.95 Å². The van der Waals surface area contributed by atoms with Gasteiger partial charge in [-0.3, -0.25) is 0 Å². The van der Waals surface area contributed by atoms with Crippen LogP contribution in [0, 0.1) is 0 Å². The molecule has 2 aromatic heterocycles. The van der Waals surface area contributed by atoms with Crippen molar-refractivity contribution in [3.8, 4) is 0 Å². The average molecular weight is 395 g/mol. The van der Waals surface area contributed by atoms with Gasteiger partial charge in [0.15, 0.2) is 0 Å². The van der Waals surface area contributed by atoms with Crippen molar-refractivity contribution in [2.75, 3.05) is 24.3 Å². The van der Waals surface area contributed by atoms with E-state index in [1.165, 1.54) is 0 Å². The van der Waals surface area contributed by atoms with Crippen LogP contribution in [0.15, 0.2) is 66.0 Å². The number of hydrogen-bond donors (Lipinski definition) is 2. The first-order chi connectivity index (χ1) is 13.6. The average Bonchev–Trinajstić information content (AvgIpc) is 2.72. The number of aromatic nitrogens is 3. The molecule has 0 spiro atoms. The molecule has 0 aliphatic heterocycles. The van der Waals surface area contributed by atoms with Crippen molar-refractivity contribution < 1.29 is 4.79 Å². The molecule has 1 aromatic carbocycles. The second-order valence-corrected chi connectivity index (χ2v) is 7.20. The number of amides is 2. The highest BCUT2D eigenvalue weighted by Crippen LogP contribution is 2.22. The Morgan fingerprint density at radius 2 is 1.96 bits per heavy atom. The van der Waals surface area contributed by atoms with Crippen molar-refractivity contribution in [3.63, 3.8) is 0 Å². The van der Waals surface area contributed by atoms with Gasteiger partial charge < -0.3 is 15.5 Å². The van der Waals surface area contributed by atoms with E-state index in [1.54, 1.807) is 30.2 Å². The predicted molar refractivity (Wildman–Crippen MR) is 112 cm³/mol. The first kappa shape index (κ1) is 19.6. The molecule has 2 amide bonds. The molecule has 0 bridgehead atoms. The van der Waals surface area contributed by atoms with Crippen LogP contribution >= 0.6 is 11.8 Å². The zero-order chi connectivity index (χ0) is 19.8. The van der Waals surface area contributed by atoms with E-state index in [2.05, 4.69) is 25.6 Å². The molecule has 0 aliphatic rings. The molecule has 0 saturated carbocycles. The fraction of sp³-hybridized carbons (Fsp3) is 0.200. The minimum absolute atomic E-state index is 0.278. The molecule has 0 saturated heterocycles. The van der Waals surface area contributed by atoms with Crippen LogP contribution in [0.3, 0.4) is 0 Å². The second kappa shape index (κ2) is 9.70. The van der Waals surface area contributed by atoms with E-state index in [1.807, 2.05) is 61.5 Å². The molecule has 0 unspecified atom stereocenters. The van der Waals surface area contributed by atoms with E-state index in [-0.39, 0.29) is 6.03 Å². The lowest BCUT2D eigenvalue weighted by atomic mass is 10.2. The lowest BCUT2D eigenvalue weighted by molar-refractivity contribution is 0.251. The maximum Gasteiger partial charge on any atom is 0.319 e. The molecule has 2 N–H and O–H groups in total. The number of urea groups is 1. The number of carbonyl (C=O) groups is 1. The number of carbonyl (C=O) groups excluding carboxylic acids is 1. The summed E-state index contributed by atoms with van der Waals surface area (Å²) in [5.41, 5.74) is 2.60. The van der Waals surface area contributed by atoms with E-state index in [9.17, 15) is 4.79 Å². The maximum absolute atomic E-state index is 12.2. The molecule has 7 nitrogen and oxygen atoms in total. The number of nitrogens with one attached hydrogen (secondary N) is 2. The summed E-state index contributed by atoms with van der Waals surface area (Å²) in [5.74, 6) is 1.39. The highest BCUT2D eigenvalue weighted by atomic mass is 32.2. The molecule has 0 aliphatic carbocycles. The molecule has 2 heterocycles. The number of hydrogen-bond acceptors (Lipinski definition) is 6. The van der Waals surface area contributed by atoms with Crippen molar-refractivity contribution in [1.82, 2.24) is 20.3 Å². The van der Waals surface area contributed by atoms with Gasteiger partial charge in [0.1, 0.15) is 0 Å². The van der Waals surface area contributed by atoms with Gasteiger partial charge in [-0.2, -0.15) is 0 Å². The third-order valence-electron chi connectivity index (χ3n) is 3.74. The number of anilines is 2. The molecule has 0 fully saturated rings. The molecule has 3 rings (SSSR count). The zero-order valence-electron chi connectivity index (χ0n) is 15.8. The lowest BCUT2D eigenvalue weighted by Gasteiger charge is -2.12. The second-order valence-electron chi connectivity index (χ2n) is 6.21. The zero-order valence-corrected chi connectivity index (χ0v) is 16.6. The summed E-state index contributed by atoms with van der Waals surface area (Å²) in [6.45, 7) is 0.324. The third-order valence-corrected chi connectivity index (χ3v) is 4.75.